The number of nitrogens with one attached hydrogen (secondary N) is 1. The van der Waals surface area contributed by atoms with E-state index in [0.717, 1.165) is 11.6 Å². The predicted octanol–water partition coefficient (Wildman–Crippen LogP) is 6.28. The maximum absolute atomic E-state index is 13.8. The van der Waals surface area contributed by atoms with E-state index in [9.17, 15) is 22.8 Å². The first-order chi connectivity index (χ1) is 20.0. The van der Waals surface area contributed by atoms with Crippen LogP contribution in [-0.2, 0) is 26.3 Å². The zero-order valence-corrected chi connectivity index (χ0v) is 23.2. The molecule has 5 rings (SSSR count). The molecule has 0 aliphatic rings. The van der Waals surface area contributed by atoms with Crippen molar-refractivity contribution in [2.24, 2.45) is 12.8 Å². The molecule has 0 atom stereocenters. The van der Waals surface area contributed by atoms with Crippen molar-refractivity contribution in [1.82, 2.24) is 14.8 Å². The van der Waals surface area contributed by atoms with Crippen molar-refractivity contribution >= 4 is 39.1 Å². The van der Waals surface area contributed by atoms with Crippen LogP contribution in [0.1, 0.15) is 42.9 Å². The van der Waals surface area contributed by atoms with Crippen LogP contribution in [0.5, 0.6) is 5.75 Å². The summed E-state index contributed by atoms with van der Waals surface area (Å²) < 4.78 is 54.4. The molecule has 0 fully saturated rings. The van der Waals surface area contributed by atoms with Crippen LogP contribution >= 0.6 is 11.3 Å². The Labute approximate surface area is 241 Å². The van der Waals surface area contributed by atoms with E-state index in [1.54, 1.807) is 26.1 Å². The van der Waals surface area contributed by atoms with Crippen molar-refractivity contribution in [1.29, 1.82) is 0 Å². The summed E-state index contributed by atoms with van der Waals surface area (Å²) >= 11 is 0.652. The molecule has 216 valence electrons. The number of anilines is 1. The number of carbonyl (C=O) groups excluding carboxylic acids is 2. The van der Waals surface area contributed by atoms with Crippen molar-refractivity contribution in [2.45, 2.75) is 26.1 Å². The molecule has 0 unspecified atom stereocenters. The number of benzene rings is 1. The van der Waals surface area contributed by atoms with Gasteiger partial charge >= 0.3 is 6.18 Å². The molecule has 1 aromatic carbocycles. The van der Waals surface area contributed by atoms with Crippen LogP contribution in [-0.4, -0.2) is 26.6 Å². The molecule has 5 aromatic rings. The second-order valence-corrected chi connectivity index (χ2v) is 10.3. The molecule has 13 heteroatoms. The molecule has 0 radical (unpaired) electrons. The molecule has 0 saturated heterocycles. The summed E-state index contributed by atoms with van der Waals surface area (Å²) in [4.78, 5) is 29.1. The number of pyridine rings is 1. The maximum atomic E-state index is 13.8. The van der Waals surface area contributed by atoms with Crippen LogP contribution in [0.15, 0.2) is 65.7 Å². The topological polar surface area (TPSA) is 125 Å². The number of thiophene rings is 1. The Morgan fingerprint density at radius 2 is 1.98 bits per heavy atom. The normalized spacial score (nSPS) is 11.5. The Morgan fingerprint density at radius 3 is 2.64 bits per heavy atom. The summed E-state index contributed by atoms with van der Waals surface area (Å²) in [6.07, 6.45) is -0.993. The number of amides is 2. The fourth-order valence-corrected chi connectivity index (χ4v) is 5.39. The predicted molar refractivity (Wildman–Crippen MR) is 151 cm³/mol. The molecule has 4 aromatic heterocycles. The summed E-state index contributed by atoms with van der Waals surface area (Å²) in [7, 11) is 1.64. The van der Waals surface area contributed by atoms with Gasteiger partial charge in [0.25, 0.3) is 11.8 Å². The quantitative estimate of drug-likeness (QED) is 0.193. The number of halogens is 3. The van der Waals surface area contributed by atoms with Crippen molar-refractivity contribution in [3.8, 4) is 16.9 Å². The molecular formula is C29H24F3N5O4S. The van der Waals surface area contributed by atoms with E-state index >= 15 is 0 Å². The molecule has 2 amide bonds. The number of primary amides is 1. The van der Waals surface area contributed by atoms with Gasteiger partial charge in [0.05, 0.1) is 11.9 Å². The van der Waals surface area contributed by atoms with Gasteiger partial charge in [-0.15, -0.1) is 17.9 Å². The van der Waals surface area contributed by atoms with Gasteiger partial charge in [0.15, 0.2) is 5.76 Å². The molecule has 0 bridgehead atoms. The highest BCUT2D eigenvalue weighted by Gasteiger charge is 2.35. The fourth-order valence-electron chi connectivity index (χ4n) is 4.38. The molecule has 0 aliphatic carbocycles. The Hall–Kier alpha value is -4.91. The number of ether oxygens (including phenoxy) is 1. The summed E-state index contributed by atoms with van der Waals surface area (Å²) in [5, 5.41) is 6.88. The second-order valence-electron chi connectivity index (χ2n) is 9.28. The number of nitrogens with zero attached hydrogens (tertiary/aromatic N) is 3. The van der Waals surface area contributed by atoms with Gasteiger partial charge in [-0.2, -0.15) is 18.3 Å². The highest BCUT2D eigenvalue weighted by Crippen LogP contribution is 2.44. The van der Waals surface area contributed by atoms with Gasteiger partial charge in [-0.3, -0.25) is 14.3 Å². The molecule has 42 heavy (non-hydrogen) atoms. The lowest BCUT2D eigenvalue weighted by atomic mass is 10.0. The van der Waals surface area contributed by atoms with Crippen molar-refractivity contribution in [3.63, 3.8) is 0 Å². The SMILES string of the molecule is C=CCc1ccccc1OCc1ccc(C(=O)Nc2c(C(N)=O)sc3nc(C(F)(F)F)cc(-c4cnn(C)c4C)c23)o1. The third kappa shape index (κ3) is 5.50. The highest BCUT2D eigenvalue weighted by molar-refractivity contribution is 7.21. The molecule has 0 saturated carbocycles. The Balaban J connectivity index is 1.51. The smallest absolute Gasteiger partial charge is 0.433 e. The molecule has 0 aliphatic heterocycles. The first-order valence-corrected chi connectivity index (χ1v) is 13.3. The van der Waals surface area contributed by atoms with Gasteiger partial charge in [0.1, 0.15) is 33.5 Å². The van der Waals surface area contributed by atoms with Crippen LogP contribution in [0.25, 0.3) is 21.3 Å². The number of aromatic nitrogens is 3. The van der Waals surface area contributed by atoms with Gasteiger partial charge < -0.3 is 20.2 Å². The number of fused-ring (bicyclic) bond motifs is 1. The van der Waals surface area contributed by atoms with Crippen LogP contribution in [0.4, 0.5) is 18.9 Å². The van der Waals surface area contributed by atoms with E-state index in [2.05, 4.69) is 22.0 Å². The summed E-state index contributed by atoms with van der Waals surface area (Å²) in [6, 6.07) is 11.3. The summed E-state index contributed by atoms with van der Waals surface area (Å²) in [5.74, 6) is -0.810. The monoisotopic (exact) mass is 595 g/mol. The molecular weight excluding hydrogens is 571 g/mol. The summed E-state index contributed by atoms with van der Waals surface area (Å²) in [6.45, 7) is 5.46. The standard InChI is InChI=1S/C29H24F3N5O4S/c1-4-7-16-8-5-6-9-20(16)40-14-17-10-11-21(41-17)27(39)36-24-23-18(19-13-34-37(3)15(19)2)12-22(29(30,31)32)35-28(23)42-25(24)26(33)38/h4-6,8-13H,1,7,14H2,2-3H3,(H2,33,38)(H,36,39). The van der Waals surface area contributed by atoms with Gasteiger partial charge in [-0.25, -0.2) is 4.98 Å². The number of nitrogens with two attached hydrogens (primary N) is 1. The number of rotatable bonds is 9. The Kier molecular flexibility index (Phi) is 7.61. The lowest BCUT2D eigenvalue weighted by Gasteiger charge is -2.12. The fraction of sp³-hybridized carbons (Fsp3) is 0.172. The summed E-state index contributed by atoms with van der Waals surface area (Å²) in [5.41, 5.74) is 6.30. The minimum absolute atomic E-state index is 0.0317. The zero-order chi connectivity index (χ0) is 30.2. The van der Waals surface area contributed by atoms with Crippen molar-refractivity contribution in [2.75, 3.05) is 5.32 Å². The number of allylic oxidation sites excluding steroid dienone is 1. The average molecular weight is 596 g/mol. The lowest BCUT2D eigenvalue weighted by Crippen LogP contribution is -2.16. The largest absolute Gasteiger partial charge is 0.485 e. The van der Waals surface area contributed by atoms with Crippen LogP contribution < -0.4 is 15.8 Å². The van der Waals surface area contributed by atoms with E-state index in [-0.39, 0.29) is 38.7 Å². The van der Waals surface area contributed by atoms with Gasteiger partial charge in [-0.1, -0.05) is 24.3 Å². The molecule has 3 N–H and O–H groups in total. The third-order valence-corrected chi connectivity index (χ3v) is 7.63. The van der Waals surface area contributed by atoms with E-state index < -0.39 is 23.7 Å². The van der Waals surface area contributed by atoms with Crippen molar-refractivity contribution < 1.29 is 31.9 Å². The first-order valence-electron chi connectivity index (χ1n) is 12.5. The van der Waals surface area contributed by atoms with Crippen molar-refractivity contribution in [3.05, 3.63) is 94.7 Å². The molecule has 4 heterocycles. The van der Waals surface area contributed by atoms with E-state index in [0.29, 0.717) is 40.5 Å². The maximum Gasteiger partial charge on any atom is 0.433 e. The minimum atomic E-state index is -4.77. The number of hydrogen-bond donors (Lipinski definition) is 2. The number of furan rings is 1. The molecule has 0 spiro atoms. The van der Waals surface area contributed by atoms with Crippen LogP contribution in [0.2, 0.25) is 0 Å². The number of aryl methyl sites for hydroxylation is 1. The third-order valence-electron chi connectivity index (χ3n) is 6.53. The second kappa shape index (κ2) is 11.2. The Bertz CT molecular complexity index is 1840. The number of alkyl halides is 3. The van der Waals surface area contributed by atoms with Crippen LogP contribution in [0.3, 0.4) is 0 Å². The van der Waals surface area contributed by atoms with Gasteiger partial charge in [0.2, 0.25) is 0 Å². The zero-order valence-electron chi connectivity index (χ0n) is 22.4. The van der Waals surface area contributed by atoms with E-state index in [1.807, 2.05) is 24.3 Å². The minimum Gasteiger partial charge on any atom is -0.485 e. The van der Waals surface area contributed by atoms with E-state index in [4.69, 9.17) is 14.9 Å². The first kappa shape index (κ1) is 28.6. The number of carbonyl (C=O) groups is 2. The van der Waals surface area contributed by atoms with E-state index in [1.165, 1.54) is 16.9 Å². The number of para-hydroxylation sites is 1. The Morgan fingerprint density at radius 1 is 1.21 bits per heavy atom. The highest BCUT2D eigenvalue weighted by atomic mass is 32.1. The lowest BCUT2D eigenvalue weighted by molar-refractivity contribution is -0.140. The van der Waals surface area contributed by atoms with Gasteiger partial charge in [-0.05, 0) is 48.7 Å². The average Bonchev–Trinajstić information content (AvgIpc) is 3.65. The van der Waals surface area contributed by atoms with Crippen LogP contribution in [0, 0.1) is 6.92 Å². The number of hydrogen-bond acceptors (Lipinski definition) is 7. The van der Waals surface area contributed by atoms with Gasteiger partial charge in [0, 0.05) is 23.7 Å². The molecule has 9 nitrogen and oxygen atoms in total.